The Bertz CT molecular complexity index is 793. The predicted molar refractivity (Wildman–Crippen MR) is 122 cm³/mol. The molecule has 0 fully saturated rings. The molecule has 0 saturated carbocycles. The van der Waals surface area contributed by atoms with E-state index in [2.05, 4.69) is 12.2 Å². The molecule has 168 valence electrons. The van der Waals surface area contributed by atoms with Gasteiger partial charge in [-0.2, -0.15) is 0 Å². The van der Waals surface area contributed by atoms with Crippen molar-refractivity contribution < 1.29 is 19.1 Å². The number of unbranched alkanes of at least 4 members (excludes halogenated alkanes) is 1. The number of rotatable bonds is 13. The Kier molecular flexibility index (Phi) is 10.4. The molecule has 0 aliphatic carbocycles. The summed E-state index contributed by atoms with van der Waals surface area (Å²) < 4.78 is 10.8. The summed E-state index contributed by atoms with van der Waals surface area (Å²) in [6, 6.07) is 16.5. The first kappa shape index (κ1) is 24.3. The number of hydrogen-bond donors (Lipinski definition) is 1. The number of hydrogen-bond acceptors (Lipinski definition) is 4. The SMILES string of the molecule is CCCCNC(=O)[C@@H](CC)N(CCc1ccccc1)C(=O)COc1ccc(OC)cc1. The fraction of sp³-hybridized carbons (Fsp3) is 0.440. The van der Waals surface area contributed by atoms with Gasteiger partial charge in [0.05, 0.1) is 7.11 Å². The van der Waals surface area contributed by atoms with Crippen LogP contribution in [0.2, 0.25) is 0 Å². The Labute approximate surface area is 185 Å². The van der Waals surface area contributed by atoms with Gasteiger partial charge < -0.3 is 19.7 Å². The minimum Gasteiger partial charge on any atom is -0.497 e. The third-order valence-electron chi connectivity index (χ3n) is 5.12. The summed E-state index contributed by atoms with van der Waals surface area (Å²) >= 11 is 0. The lowest BCUT2D eigenvalue weighted by Crippen LogP contribution is -2.51. The predicted octanol–water partition coefficient (Wildman–Crippen LogP) is 3.84. The number of carbonyl (C=O) groups is 2. The summed E-state index contributed by atoms with van der Waals surface area (Å²) in [7, 11) is 1.60. The summed E-state index contributed by atoms with van der Waals surface area (Å²) in [5.41, 5.74) is 1.12. The Morgan fingerprint density at radius 2 is 1.68 bits per heavy atom. The van der Waals surface area contributed by atoms with E-state index in [-0.39, 0.29) is 18.4 Å². The van der Waals surface area contributed by atoms with Crippen LogP contribution in [0.5, 0.6) is 11.5 Å². The molecule has 6 heteroatoms. The van der Waals surface area contributed by atoms with E-state index in [0.717, 1.165) is 24.2 Å². The normalized spacial score (nSPS) is 11.5. The molecule has 6 nitrogen and oxygen atoms in total. The molecular weight excluding hydrogens is 392 g/mol. The largest absolute Gasteiger partial charge is 0.497 e. The van der Waals surface area contributed by atoms with E-state index in [4.69, 9.17) is 9.47 Å². The first-order chi connectivity index (χ1) is 15.1. The van der Waals surface area contributed by atoms with Gasteiger partial charge in [-0.05, 0) is 49.1 Å². The fourth-order valence-corrected chi connectivity index (χ4v) is 3.30. The maximum Gasteiger partial charge on any atom is 0.261 e. The maximum absolute atomic E-state index is 13.1. The van der Waals surface area contributed by atoms with Crippen molar-refractivity contribution in [1.29, 1.82) is 0 Å². The van der Waals surface area contributed by atoms with Gasteiger partial charge in [0.2, 0.25) is 5.91 Å². The van der Waals surface area contributed by atoms with Crippen LogP contribution >= 0.6 is 0 Å². The molecule has 0 aliphatic heterocycles. The summed E-state index contributed by atoms with van der Waals surface area (Å²) in [6.45, 7) is 4.95. The van der Waals surface area contributed by atoms with E-state index in [9.17, 15) is 9.59 Å². The number of carbonyl (C=O) groups excluding carboxylic acids is 2. The van der Waals surface area contributed by atoms with Crippen LogP contribution < -0.4 is 14.8 Å². The molecule has 2 rings (SSSR count). The van der Waals surface area contributed by atoms with Gasteiger partial charge in [-0.15, -0.1) is 0 Å². The lowest BCUT2D eigenvalue weighted by Gasteiger charge is -2.30. The fourth-order valence-electron chi connectivity index (χ4n) is 3.30. The highest BCUT2D eigenvalue weighted by molar-refractivity contribution is 5.88. The van der Waals surface area contributed by atoms with Gasteiger partial charge in [0.1, 0.15) is 17.5 Å². The van der Waals surface area contributed by atoms with Crippen LogP contribution in [-0.4, -0.2) is 49.6 Å². The van der Waals surface area contributed by atoms with Crippen molar-refractivity contribution in [3.63, 3.8) is 0 Å². The highest BCUT2D eigenvalue weighted by atomic mass is 16.5. The van der Waals surface area contributed by atoms with Crippen molar-refractivity contribution in [2.24, 2.45) is 0 Å². The third-order valence-corrected chi connectivity index (χ3v) is 5.12. The highest BCUT2D eigenvalue weighted by Gasteiger charge is 2.28. The van der Waals surface area contributed by atoms with E-state index in [0.29, 0.717) is 31.7 Å². The second-order valence-electron chi connectivity index (χ2n) is 7.36. The zero-order valence-corrected chi connectivity index (χ0v) is 18.8. The van der Waals surface area contributed by atoms with Crippen LogP contribution in [0.15, 0.2) is 54.6 Å². The van der Waals surface area contributed by atoms with Crippen LogP contribution in [0.3, 0.4) is 0 Å². The molecule has 0 saturated heterocycles. The quantitative estimate of drug-likeness (QED) is 0.494. The number of nitrogens with one attached hydrogen (secondary N) is 1. The number of benzene rings is 2. The van der Waals surface area contributed by atoms with Crippen LogP contribution in [0, 0.1) is 0 Å². The van der Waals surface area contributed by atoms with Gasteiger partial charge >= 0.3 is 0 Å². The molecule has 0 heterocycles. The molecule has 0 aliphatic rings. The second kappa shape index (κ2) is 13.3. The Hall–Kier alpha value is -3.02. The first-order valence-electron chi connectivity index (χ1n) is 11.0. The average Bonchev–Trinajstić information content (AvgIpc) is 2.81. The zero-order valence-electron chi connectivity index (χ0n) is 18.8. The minimum atomic E-state index is -0.521. The van der Waals surface area contributed by atoms with Crippen molar-refractivity contribution in [2.45, 2.75) is 45.6 Å². The van der Waals surface area contributed by atoms with E-state index in [1.54, 1.807) is 36.3 Å². The van der Waals surface area contributed by atoms with Gasteiger partial charge in [-0.3, -0.25) is 9.59 Å². The lowest BCUT2D eigenvalue weighted by atomic mass is 10.1. The summed E-state index contributed by atoms with van der Waals surface area (Å²) in [5, 5.41) is 2.97. The molecule has 1 N–H and O–H groups in total. The number of methoxy groups -OCH3 is 1. The van der Waals surface area contributed by atoms with Crippen molar-refractivity contribution in [3.05, 3.63) is 60.2 Å². The zero-order chi connectivity index (χ0) is 22.5. The molecule has 0 aromatic heterocycles. The van der Waals surface area contributed by atoms with E-state index < -0.39 is 6.04 Å². The molecule has 31 heavy (non-hydrogen) atoms. The van der Waals surface area contributed by atoms with Gasteiger partial charge in [-0.1, -0.05) is 50.6 Å². The van der Waals surface area contributed by atoms with Crippen molar-refractivity contribution in [1.82, 2.24) is 10.2 Å². The van der Waals surface area contributed by atoms with Crippen molar-refractivity contribution in [3.8, 4) is 11.5 Å². The molecule has 2 amide bonds. The van der Waals surface area contributed by atoms with Gasteiger partial charge in [-0.25, -0.2) is 0 Å². The number of ether oxygens (including phenoxy) is 2. The van der Waals surface area contributed by atoms with E-state index in [1.807, 2.05) is 37.3 Å². The molecular formula is C25H34N2O4. The first-order valence-corrected chi connectivity index (χ1v) is 11.0. The molecule has 2 aromatic carbocycles. The topological polar surface area (TPSA) is 67.9 Å². The van der Waals surface area contributed by atoms with E-state index >= 15 is 0 Å². The van der Waals surface area contributed by atoms with Crippen molar-refractivity contribution >= 4 is 11.8 Å². The lowest BCUT2D eigenvalue weighted by molar-refractivity contribution is -0.142. The van der Waals surface area contributed by atoms with Gasteiger partial charge in [0.25, 0.3) is 5.91 Å². The molecule has 0 unspecified atom stereocenters. The Balaban J connectivity index is 2.07. The number of amides is 2. The number of nitrogens with zero attached hydrogens (tertiary/aromatic N) is 1. The molecule has 0 radical (unpaired) electrons. The maximum atomic E-state index is 13.1. The smallest absolute Gasteiger partial charge is 0.261 e. The highest BCUT2D eigenvalue weighted by Crippen LogP contribution is 2.17. The van der Waals surface area contributed by atoms with Crippen LogP contribution in [0.25, 0.3) is 0 Å². The van der Waals surface area contributed by atoms with Crippen LogP contribution in [-0.2, 0) is 16.0 Å². The summed E-state index contributed by atoms with van der Waals surface area (Å²) in [5.74, 6) is 0.988. The molecule has 0 spiro atoms. The molecule has 0 bridgehead atoms. The Morgan fingerprint density at radius 3 is 2.29 bits per heavy atom. The van der Waals surface area contributed by atoms with Gasteiger partial charge in [0, 0.05) is 13.1 Å². The molecule has 1 atom stereocenters. The van der Waals surface area contributed by atoms with Crippen molar-refractivity contribution in [2.75, 3.05) is 26.8 Å². The summed E-state index contributed by atoms with van der Waals surface area (Å²) in [6.07, 6.45) is 3.14. The van der Waals surface area contributed by atoms with E-state index in [1.165, 1.54) is 0 Å². The monoisotopic (exact) mass is 426 g/mol. The second-order valence-corrected chi connectivity index (χ2v) is 7.36. The van der Waals surface area contributed by atoms with Crippen LogP contribution in [0.4, 0.5) is 0 Å². The average molecular weight is 427 g/mol. The Morgan fingerprint density at radius 1 is 1.00 bits per heavy atom. The third kappa shape index (κ3) is 7.96. The minimum absolute atomic E-state index is 0.109. The molecule has 2 aromatic rings. The summed E-state index contributed by atoms with van der Waals surface area (Å²) in [4.78, 5) is 27.5. The van der Waals surface area contributed by atoms with Gasteiger partial charge in [0.15, 0.2) is 6.61 Å². The van der Waals surface area contributed by atoms with Crippen LogP contribution in [0.1, 0.15) is 38.7 Å². The standard InChI is InChI=1S/C25H34N2O4/c1-4-6-17-26-25(29)23(5-2)27(18-16-20-10-8-7-9-11-20)24(28)19-31-22-14-12-21(30-3)13-15-22/h7-15,23H,4-6,16-19H2,1-3H3,(H,26,29)/t23-/m1/s1.